The van der Waals surface area contributed by atoms with Gasteiger partial charge in [0.2, 0.25) is 9.05 Å². The van der Waals surface area contributed by atoms with E-state index in [1.165, 1.54) is 12.8 Å². The molecule has 2 unspecified atom stereocenters. The third kappa shape index (κ3) is 9.90. The molecule has 0 aromatic heterocycles. The van der Waals surface area contributed by atoms with Crippen LogP contribution >= 0.6 is 10.7 Å². The third-order valence-electron chi connectivity index (χ3n) is 2.15. The van der Waals surface area contributed by atoms with Crippen LogP contribution in [0, 0.1) is 11.8 Å². The Morgan fingerprint density at radius 2 is 1.38 bits per heavy atom. The van der Waals surface area contributed by atoms with E-state index in [-0.39, 0.29) is 0 Å². The van der Waals surface area contributed by atoms with Crippen LogP contribution in [-0.2, 0) is 9.05 Å². The van der Waals surface area contributed by atoms with Crippen molar-refractivity contribution in [3.05, 3.63) is 12.2 Å². The maximum absolute atomic E-state index is 9.40. The van der Waals surface area contributed by atoms with E-state index < -0.39 is 9.05 Å². The number of rotatable bonds is 0. The van der Waals surface area contributed by atoms with Crippen LogP contribution in [0.15, 0.2) is 12.2 Å². The Bertz CT molecular complexity index is 237. The third-order valence-corrected chi connectivity index (χ3v) is 2.15. The summed E-state index contributed by atoms with van der Waals surface area (Å²) in [5.41, 5.74) is 0. The van der Waals surface area contributed by atoms with Gasteiger partial charge in [0, 0.05) is 10.7 Å². The zero-order chi connectivity index (χ0) is 10.5. The van der Waals surface area contributed by atoms with Gasteiger partial charge in [-0.25, -0.2) is 8.42 Å². The molecule has 2 atom stereocenters. The SMILES string of the molecule is CC1CC=CCC1C.CS(=O)(=O)Cl. The lowest BCUT2D eigenvalue weighted by molar-refractivity contribution is 0.380. The standard InChI is InChI=1S/C8H14.CH3ClO2S/c1-7-5-3-4-6-8(7)2;1-5(2,3)4/h3-4,7-8H,5-6H2,1-2H3;1H3. The Balaban J connectivity index is 0.000000252. The average Bonchev–Trinajstić information content (AvgIpc) is 1.92. The van der Waals surface area contributed by atoms with Gasteiger partial charge in [-0.3, -0.25) is 0 Å². The number of hydrogen-bond acceptors (Lipinski definition) is 2. The molecule has 1 aliphatic rings. The molecule has 1 rings (SSSR count). The summed E-state index contributed by atoms with van der Waals surface area (Å²) in [6.45, 7) is 4.66. The van der Waals surface area contributed by atoms with Crippen LogP contribution in [0.3, 0.4) is 0 Å². The average molecular weight is 225 g/mol. The van der Waals surface area contributed by atoms with Crippen molar-refractivity contribution in [2.45, 2.75) is 26.7 Å². The van der Waals surface area contributed by atoms with Gasteiger partial charge in [0.1, 0.15) is 0 Å². The maximum atomic E-state index is 9.40. The van der Waals surface area contributed by atoms with Gasteiger partial charge in [-0.15, -0.1) is 0 Å². The highest BCUT2D eigenvalue weighted by molar-refractivity contribution is 8.13. The maximum Gasteiger partial charge on any atom is 0.229 e. The summed E-state index contributed by atoms with van der Waals surface area (Å²) in [5.74, 6) is 1.83. The minimum Gasteiger partial charge on any atom is -0.213 e. The van der Waals surface area contributed by atoms with Gasteiger partial charge in [0.05, 0.1) is 6.26 Å². The fourth-order valence-electron chi connectivity index (χ4n) is 1.09. The molecule has 0 fully saturated rings. The fraction of sp³-hybridized carbons (Fsp3) is 0.778. The molecule has 0 aromatic rings. The lowest BCUT2D eigenvalue weighted by Gasteiger charge is -2.19. The van der Waals surface area contributed by atoms with Crippen molar-refractivity contribution in [2.24, 2.45) is 11.8 Å². The van der Waals surface area contributed by atoms with Gasteiger partial charge in [0.15, 0.2) is 0 Å². The molecule has 0 amide bonds. The van der Waals surface area contributed by atoms with Crippen LogP contribution in [0.2, 0.25) is 0 Å². The summed E-state index contributed by atoms with van der Waals surface area (Å²) in [6.07, 6.45) is 8.10. The highest BCUT2D eigenvalue weighted by atomic mass is 35.7. The first kappa shape index (κ1) is 13.0. The van der Waals surface area contributed by atoms with E-state index in [2.05, 4.69) is 36.7 Å². The molecule has 4 heteroatoms. The largest absolute Gasteiger partial charge is 0.229 e. The molecular weight excluding hydrogens is 208 g/mol. The van der Waals surface area contributed by atoms with Crippen molar-refractivity contribution >= 4 is 19.7 Å². The normalized spacial score (nSPS) is 27.7. The van der Waals surface area contributed by atoms with Gasteiger partial charge in [-0.1, -0.05) is 26.0 Å². The topological polar surface area (TPSA) is 34.1 Å². The first-order chi connectivity index (χ1) is 5.80. The van der Waals surface area contributed by atoms with Crippen LogP contribution in [0.1, 0.15) is 26.7 Å². The highest BCUT2D eigenvalue weighted by Crippen LogP contribution is 2.23. The molecule has 2 nitrogen and oxygen atoms in total. The van der Waals surface area contributed by atoms with Crippen LogP contribution < -0.4 is 0 Å². The Morgan fingerprint density at radius 3 is 1.54 bits per heavy atom. The zero-order valence-electron chi connectivity index (χ0n) is 8.33. The molecular formula is C9H17ClO2S. The minimum atomic E-state index is -3.19. The Kier molecular flexibility index (Phi) is 5.65. The molecule has 78 valence electrons. The van der Waals surface area contributed by atoms with Crippen LogP contribution in [0.25, 0.3) is 0 Å². The van der Waals surface area contributed by atoms with Gasteiger partial charge < -0.3 is 0 Å². The highest BCUT2D eigenvalue weighted by Gasteiger charge is 2.11. The quantitative estimate of drug-likeness (QED) is 0.469. The lowest BCUT2D eigenvalue weighted by Crippen LogP contribution is -2.08. The number of halogens is 1. The van der Waals surface area contributed by atoms with Gasteiger partial charge >= 0.3 is 0 Å². The Labute approximate surface area is 85.4 Å². The van der Waals surface area contributed by atoms with Gasteiger partial charge in [0.25, 0.3) is 0 Å². The van der Waals surface area contributed by atoms with E-state index in [0.717, 1.165) is 18.1 Å². The van der Waals surface area contributed by atoms with Crippen molar-refractivity contribution < 1.29 is 8.42 Å². The minimum absolute atomic E-state index is 0.917. The predicted molar refractivity (Wildman–Crippen MR) is 57.4 cm³/mol. The summed E-state index contributed by atoms with van der Waals surface area (Å²) >= 11 is 0. The van der Waals surface area contributed by atoms with E-state index in [0.29, 0.717) is 0 Å². The zero-order valence-corrected chi connectivity index (χ0v) is 9.90. The first-order valence-electron chi connectivity index (χ1n) is 4.35. The van der Waals surface area contributed by atoms with E-state index in [4.69, 9.17) is 0 Å². The first-order valence-corrected chi connectivity index (χ1v) is 7.07. The molecule has 0 aromatic carbocycles. The van der Waals surface area contributed by atoms with Crippen molar-refractivity contribution in [1.82, 2.24) is 0 Å². The molecule has 0 N–H and O–H groups in total. The van der Waals surface area contributed by atoms with Gasteiger partial charge in [-0.2, -0.15) is 0 Å². The molecule has 0 saturated heterocycles. The van der Waals surface area contributed by atoms with Gasteiger partial charge in [-0.05, 0) is 24.7 Å². The smallest absolute Gasteiger partial charge is 0.213 e. The number of allylic oxidation sites excluding steroid dienone is 2. The van der Waals surface area contributed by atoms with Crippen molar-refractivity contribution in [3.8, 4) is 0 Å². The molecule has 0 saturated carbocycles. The monoisotopic (exact) mass is 224 g/mol. The molecule has 0 spiro atoms. The Hall–Kier alpha value is -0.0200. The predicted octanol–water partition coefficient (Wildman–Crippen LogP) is 2.79. The van der Waals surface area contributed by atoms with Crippen LogP contribution in [0.5, 0.6) is 0 Å². The van der Waals surface area contributed by atoms with E-state index in [1.807, 2.05) is 0 Å². The summed E-state index contributed by atoms with van der Waals surface area (Å²) in [6, 6.07) is 0. The second-order valence-corrected chi connectivity index (χ2v) is 6.62. The summed E-state index contributed by atoms with van der Waals surface area (Å²) < 4.78 is 18.8. The van der Waals surface area contributed by atoms with Crippen LogP contribution in [0.4, 0.5) is 0 Å². The van der Waals surface area contributed by atoms with Crippen molar-refractivity contribution in [2.75, 3.05) is 6.26 Å². The van der Waals surface area contributed by atoms with E-state index >= 15 is 0 Å². The molecule has 0 radical (unpaired) electrons. The molecule has 1 aliphatic carbocycles. The van der Waals surface area contributed by atoms with E-state index in [1.54, 1.807) is 0 Å². The lowest BCUT2D eigenvalue weighted by atomic mass is 9.86. The summed E-state index contributed by atoms with van der Waals surface area (Å²) in [5, 5.41) is 0. The van der Waals surface area contributed by atoms with E-state index in [9.17, 15) is 8.42 Å². The number of hydrogen-bond donors (Lipinski definition) is 0. The fourth-order valence-corrected chi connectivity index (χ4v) is 1.09. The second kappa shape index (κ2) is 5.66. The van der Waals surface area contributed by atoms with Crippen molar-refractivity contribution in [1.29, 1.82) is 0 Å². The second-order valence-electron chi connectivity index (χ2n) is 3.58. The summed E-state index contributed by atoms with van der Waals surface area (Å²) in [7, 11) is 1.31. The molecule has 0 bridgehead atoms. The molecule has 0 heterocycles. The molecule has 0 aliphatic heterocycles. The van der Waals surface area contributed by atoms with Crippen molar-refractivity contribution in [3.63, 3.8) is 0 Å². The molecule has 13 heavy (non-hydrogen) atoms. The van der Waals surface area contributed by atoms with Crippen LogP contribution in [-0.4, -0.2) is 14.7 Å². The Morgan fingerprint density at radius 1 is 1.15 bits per heavy atom. The summed E-state index contributed by atoms with van der Waals surface area (Å²) in [4.78, 5) is 0.